The van der Waals surface area contributed by atoms with Crippen LogP contribution in [-0.4, -0.2) is 27.2 Å². The van der Waals surface area contributed by atoms with Gasteiger partial charge in [-0.1, -0.05) is 24.3 Å². The van der Waals surface area contributed by atoms with E-state index < -0.39 is 12.1 Å². The minimum Gasteiger partial charge on any atom is -0.506 e. The summed E-state index contributed by atoms with van der Waals surface area (Å²) < 4.78 is 0. The van der Waals surface area contributed by atoms with Crippen molar-refractivity contribution in [3.05, 3.63) is 59.4 Å². The molecule has 1 heterocycles. The van der Waals surface area contributed by atoms with Crippen molar-refractivity contribution >= 4 is 5.91 Å². The number of benzene rings is 1. The van der Waals surface area contributed by atoms with Gasteiger partial charge in [0.2, 0.25) is 0 Å². The molecule has 5 nitrogen and oxygen atoms in total. The zero-order valence-corrected chi connectivity index (χ0v) is 10.7. The molecule has 0 saturated heterocycles. The molecule has 1 aliphatic carbocycles. The lowest BCUT2D eigenvalue weighted by Crippen LogP contribution is -2.33. The molecular weight excluding hydrogens is 256 g/mol. The topological polar surface area (TPSA) is 82.5 Å². The number of pyridine rings is 1. The number of nitrogens with zero attached hydrogens (tertiary/aromatic N) is 1. The van der Waals surface area contributed by atoms with E-state index >= 15 is 0 Å². The van der Waals surface area contributed by atoms with Gasteiger partial charge in [0.15, 0.2) is 0 Å². The van der Waals surface area contributed by atoms with Gasteiger partial charge in [-0.15, -0.1) is 0 Å². The van der Waals surface area contributed by atoms with Gasteiger partial charge < -0.3 is 15.5 Å². The van der Waals surface area contributed by atoms with E-state index in [1.807, 2.05) is 24.3 Å². The Balaban J connectivity index is 1.83. The predicted molar refractivity (Wildman–Crippen MR) is 72.3 cm³/mol. The number of aromatic hydroxyl groups is 1. The molecule has 1 amide bonds. The van der Waals surface area contributed by atoms with Crippen LogP contribution in [0.25, 0.3) is 0 Å². The molecule has 1 aromatic carbocycles. The molecule has 2 aromatic rings. The van der Waals surface area contributed by atoms with E-state index in [9.17, 15) is 15.0 Å². The van der Waals surface area contributed by atoms with Crippen LogP contribution in [0.1, 0.15) is 27.5 Å². The van der Waals surface area contributed by atoms with Crippen molar-refractivity contribution in [2.24, 2.45) is 0 Å². The molecule has 0 spiro atoms. The zero-order valence-electron chi connectivity index (χ0n) is 10.7. The van der Waals surface area contributed by atoms with Crippen molar-refractivity contribution < 1.29 is 15.0 Å². The third-order valence-corrected chi connectivity index (χ3v) is 3.48. The van der Waals surface area contributed by atoms with Gasteiger partial charge in [0.25, 0.3) is 5.91 Å². The fourth-order valence-corrected chi connectivity index (χ4v) is 2.52. The number of carbonyl (C=O) groups is 1. The molecule has 1 aromatic heterocycles. The van der Waals surface area contributed by atoms with Crippen LogP contribution in [0, 0.1) is 0 Å². The third kappa shape index (κ3) is 2.23. The number of amides is 1. The highest BCUT2D eigenvalue weighted by atomic mass is 16.3. The van der Waals surface area contributed by atoms with Crippen molar-refractivity contribution in [3.63, 3.8) is 0 Å². The average molecular weight is 270 g/mol. The Labute approximate surface area is 115 Å². The normalized spacial score (nSPS) is 20.4. The lowest BCUT2D eigenvalue weighted by Gasteiger charge is -2.17. The summed E-state index contributed by atoms with van der Waals surface area (Å²) in [5.41, 5.74) is 2.24. The minimum atomic E-state index is -0.637. The smallest absolute Gasteiger partial charge is 0.253 e. The van der Waals surface area contributed by atoms with Gasteiger partial charge >= 0.3 is 0 Å². The van der Waals surface area contributed by atoms with Crippen LogP contribution in [0.5, 0.6) is 5.75 Å². The quantitative estimate of drug-likeness (QED) is 0.765. The summed E-state index contributed by atoms with van der Waals surface area (Å²) in [4.78, 5) is 15.9. The van der Waals surface area contributed by atoms with Crippen LogP contribution in [0.3, 0.4) is 0 Å². The van der Waals surface area contributed by atoms with E-state index in [0.29, 0.717) is 6.42 Å². The second-order valence-electron chi connectivity index (χ2n) is 4.85. The number of carbonyl (C=O) groups excluding carboxylic acids is 1. The first-order valence-corrected chi connectivity index (χ1v) is 6.36. The third-order valence-electron chi connectivity index (χ3n) is 3.48. The average Bonchev–Trinajstić information content (AvgIpc) is 2.75. The van der Waals surface area contributed by atoms with Gasteiger partial charge in [-0.3, -0.25) is 9.78 Å². The number of nitrogens with one attached hydrogen (secondary N) is 1. The molecule has 0 bridgehead atoms. The van der Waals surface area contributed by atoms with Gasteiger partial charge in [0, 0.05) is 12.6 Å². The van der Waals surface area contributed by atoms with Crippen molar-refractivity contribution in [3.8, 4) is 5.75 Å². The van der Waals surface area contributed by atoms with Crippen LogP contribution in [0.2, 0.25) is 0 Å². The molecule has 5 heteroatoms. The lowest BCUT2D eigenvalue weighted by atomic mass is 10.1. The van der Waals surface area contributed by atoms with Crippen molar-refractivity contribution in [1.82, 2.24) is 10.3 Å². The first-order valence-electron chi connectivity index (χ1n) is 6.36. The Morgan fingerprint density at radius 1 is 1.30 bits per heavy atom. The highest BCUT2D eigenvalue weighted by Gasteiger charge is 2.32. The van der Waals surface area contributed by atoms with Gasteiger partial charge in [-0.25, -0.2) is 0 Å². The minimum absolute atomic E-state index is 0.0648. The van der Waals surface area contributed by atoms with Gasteiger partial charge in [-0.2, -0.15) is 0 Å². The lowest BCUT2D eigenvalue weighted by molar-refractivity contribution is 0.0857. The van der Waals surface area contributed by atoms with Gasteiger partial charge in [0.05, 0.1) is 23.9 Å². The van der Waals surface area contributed by atoms with Crippen LogP contribution in [0.4, 0.5) is 0 Å². The molecule has 0 saturated carbocycles. The second kappa shape index (κ2) is 4.94. The number of aromatic nitrogens is 1. The number of hydrogen-bond donors (Lipinski definition) is 3. The standard InChI is InChI=1S/C15H14N2O3/c18-11-5-10(7-16-8-11)15(20)17-14-12-4-2-1-3-9(12)6-13(14)19/h1-5,7-8,13-14,18-19H,6H2,(H,17,20)/t13-,14+/m1/s1. The Morgan fingerprint density at radius 3 is 2.90 bits per heavy atom. The summed E-state index contributed by atoms with van der Waals surface area (Å²) in [5, 5.41) is 22.2. The SMILES string of the molecule is O=C(N[C@H]1c2ccccc2C[C@H]1O)c1cncc(O)c1. The molecule has 20 heavy (non-hydrogen) atoms. The number of fused-ring (bicyclic) bond motifs is 1. The highest BCUT2D eigenvalue weighted by Crippen LogP contribution is 2.31. The predicted octanol–water partition coefficient (Wildman–Crippen LogP) is 1.18. The first-order chi connectivity index (χ1) is 9.65. The van der Waals surface area contributed by atoms with E-state index in [1.54, 1.807) is 0 Å². The zero-order chi connectivity index (χ0) is 14.1. The van der Waals surface area contributed by atoms with Crippen LogP contribution in [0.15, 0.2) is 42.7 Å². The van der Waals surface area contributed by atoms with E-state index in [-0.39, 0.29) is 17.2 Å². The van der Waals surface area contributed by atoms with E-state index in [4.69, 9.17) is 0 Å². The number of aliphatic hydroxyl groups is 1. The number of rotatable bonds is 2. The summed E-state index contributed by atoms with van der Waals surface area (Å²) in [5.74, 6) is -0.431. The molecule has 0 aliphatic heterocycles. The van der Waals surface area contributed by atoms with Crippen LogP contribution >= 0.6 is 0 Å². The van der Waals surface area contributed by atoms with Crippen molar-refractivity contribution in [2.45, 2.75) is 18.6 Å². The Morgan fingerprint density at radius 2 is 2.10 bits per heavy atom. The molecule has 102 valence electrons. The second-order valence-corrected chi connectivity index (χ2v) is 4.85. The van der Waals surface area contributed by atoms with E-state index in [0.717, 1.165) is 11.1 Å². The maximum absolute atomic E-state index is 12.1. The summed E-state index contributed by atoms with van der Waals surface area (Å²) in [6.07, 6.45) is 2.53. The highest BCUT2D eigenvalue weighted by molar-refractivity contribution is 5.94. The summed E-state index contributed by atoms with van der Waals surface area (Å²) in [6.45, 7) is 0. The summed E-state index contributed by atoms with van der Waals surface area (Å²) in [7, 11) is 0. The largest absolute Gasteiger partial charge is 0.506 e. The van der Waals surface area contributed by atoms with Crippen molar-refractivity contribution in [1.29, 1.82) is 0 Å². The summed E-state index contributed by atoms with van der Waals surface area (Å²) >= 11 is 0. The first kappa shape index (κ1) is 12.6. The molecule has 1 aliphatic rings. The maximum Gasteiger partial charge on any atom is 0.253 e. The van der Waals surface area contributed by atoms with Crippen LogP contribution in [-0.2, 0) is 6.42 Å². The fourth-order valence-electron chi connectivity index (χ4n) is 2.52. The number of aliphatic hydroxyl groups excluding tert-OH is 1. The molecule has 0 radical (unpaired) electrons. The molecule has 0 fully saturated rings. The molecule has 0 unspecified atom stereocenters. The Kier molecular flexibility index (Phi) is 3.12. The maximum atomic E-state index is 12.1. The fraction of sp³-hybridized carbons (Fsp3) is 0.200. The molecule has 2 atom stereocenters. The van der Waals surface area contributed by atoms with E-state index in [1.165, 1.54) is 18.5 Å². The molecular formula is C15H14N2O3. The molecule has 3 N–H and O–H groups in total. The monoisotopic (exact) mass is 270 g/mol. The van der Waals surface area contributed by atoms with Gasteiger partial charge in [-0.05, 0) is 17.2 Å². The molecule has 3 rings (SSSR count). The Bertz CT molecular complexity index is 657. The van der Waals surface area contributed by atoms with Crippen molar-refractivity contribution in [2.75, 3.05) is 0 Å². The van der Waals surface area contributed by atoms with E-state index in [2.05, 4.69) is 10.3 Å². The van der Waals surface area contributed by atoms with Crippen LogP contribution < -0.4 is 5.32 Å². The van der Waals surface area contributed by atoms with Gasteiger partial charge in [0.1, 0.15) is 5.75 Å². The Hall–Kier alpha value is -2.40. The number of hydrogen-bond acceptors (Lipinski definition) is 4. The summed E-state index contributed by atoms with van der Waals surface area (Å²) in [6, 6.07) is 8.55.